The van der Waals surface area contributed by atoms with Gasteiger partial charge >= 0.3 is 0 Å². The third-order valence-corrected chi connectivity index (χ3v) is 4.09. The van der Waals surface area contributed by atoms with Gasteiger partial charge in [0, 0.05) is 18.2 Å². The lowest BCUT2D eigenvalue weighted by atomic mass is 10.2. The van der Waals surface area contributed by atoms with Gasteiger partial charge in [-0.25, -0.2) is 8.78 Å². The first-order valence-electron chi connectivity index (χ1n) is 8.45. The van der Waals surface area contributed by atoms with E-state index in [0.29, 0.717) is 35.2 Å². The Balaban J connectivity index is 1.53. The second kappa shape index (κ2) is 7.14. The Bertz CT molecular complexity index is 1170. The number of carbonyl (C=O) groups is 1. The maximum absolute atomic E-state index is 13.7. The molecule has 28 heavy (non-hydrogen) atoms. The Kier molecular flexibility index (Phi) is 4.52. The molecule has 0 saturated heterocycles. The third-order valence-electron chi connectivity index (χ3n) is 4.09. The number of amides is 1. The van der Waals surface area contributed by atoms with Crippen molar-refractivity contribution in [2.75, 3.05) is 0 Å². The van der Waals surface area contributed by atoms with Gasteiger partial charge in [-0.15, -0.1) is 10.2 Å². The molecule has 142 valence electrons. The molecule has 0 atom stereocenters. The second-order valence-corrected chi connectivity index (χ2v) is 5.94. The van der Waals surface area contributed by atoms with Crippen molar-refractivity contribution in [2.24, 2.45) is 0 Å². The molecular formula is C18H14F2N6O2. The molecule has 0 fully saturated rings. The first-order chi connectivity index (χ1) is 13.5. The highest BCUT2D eigenvalue weighted by molar-refractivity contribution is 5.94. The fraction of sp³-hybridized carbons (Fsp3) is 0.167. The number of aryl methyl sites for hydroxylation is 1. The first-order valence-corrected chi connectivity index (χ1v) is 8.45. The monoisotopic (exact) mass is 384 g/mol. The van der Waals surface area contributed by atoms with Crippen molar-refractivity contribution in [1.82, 2.24) is 30.1 Å². The number of nitrogens with one attached hydrogen (secondary N) is 1. The van der Waals surface area contributed by atoms with Crippen LogP contribution in [-0.2, 0) is 13.0 Å². The van der Waals surface area contributed by atoms with Crippen molar-refractivity contribution in [3.05, 3.63) is 65.4 Å². The van der Waals surface area contributed by atoms with Gasteiger partial charge < -0.3 is 9.84 Å². The van der Waals surface area contributed by atoms with E-state index in [1.54, 1.807) is 22.7 Å². The number of benzene rings is 1. The van der Waals surface area contributed by atoms with E-state index in [-0.39, 0.29) is 12.1 Å². The number of halogens is 2. The summed E-state index contributed by atoms with van der Waals surface area (Å²) < 4.78 is 33.8. The SMILES string of the molecule is CCc1noc(-c2ccn3c(CNC(=O)c4cc(F)ccc4F)nnc3c2)n1. The molecule has 0 aliphatic rings. The van der Waals surface area contributed by atoms with Crippen molar-refractivity contribution in [3.63, 3.8) is 0 Å². The van der Waals surface area contributed by atoms with Gasteiger partial charge in [0.1, 0.15) is 11.6 Å². The minimum Gasteiger partial charge on any atom is -0.345 e. The zero-order valence-corrected chi connectivity index (χ0v) is 14.7. The summed E-state index contributed by atoms with van der Waals surface area (Å²) in [5.74, 6) is -0.849. The highest BCUT2D eigenvalue weighted by Crippen LogP contribution is 2.19. The van der Waals surface area contributed by atoms with Crippen LogP contribution in [-0.4, -0.2) is 30.6 Å². The highest BCUT2D eigenvalue weighted by Gasteiger charge is 2.15. The van der Waals surface area contributed by atoms with Crippen LogP contribution in [0.2, 0.25) is 0 Å². The van der Waals surface area contributed by atoms with E-state index in [1.807, 2.05) is 6.92 Å². The van der Waals surface area contributed by atoms with E-state index in [1.165, 1.54) is 0 Å². The van der Waals surface area contributed by atoms with Gasteiger partial charge in [0.25, 0.3) is 11.8 Å². The molecular weight excluding hydrogens is 370 g/mol. The predicted molar refractivity (Wildman–Crippen MR) is 93.2 cm³/mol. The van der Waals surface area contributed by atoms with E-state index in [0.717, 1.165) is 18.2 Å². The Labute approximate surface area is 157 Å². The fourth-order valence-corrected chi connectivity index (χ4v) is 2.63. The lowest BCUT2D eigenvalue weighted by Gasteiger charge is -2.05. The Morgan fingerprint density at radius 1 is 1.21 bits per heavy atom. The van der Waals surface area contributed by atoms with Gasteiger partial charge in [-0.2, -0.15) is 4.98 Å². The largest absolute Gasteiger partial charge is 0.345 e. The molecule has 0 aliphatic heterocycles. The zero-order chi connectivity index (χ0) is 19.7. The van der Waals surface area contributed by atoms with E-state index in [4.69, 9.17) is 4.52 Å². The number of rotatable bonds is 5. The van der Waals surface area contributed by atoms with Gasteiger partial charge in [0.15, 0.2) is 17.3 Å². The van der Waals surface area contributed by atoms with Crippen molar-refractivity contribution in [1.29, 1.82) is 0 Å². The lowest BCUT2D eigenvalue weighted by molar-refractivity contribution is 0.0945. The van der Waals surface area contributed by atoms with Crippen molar-refractivity contribution in [2.45, 2.75) is 19.9 Å². The minimum atomic E-state index is -0.805. The number of hydrogen-bond donors (Lipinski definition) is 1. The lowest BCUT2D eigenvalue weighted by Crippen LogP contribution is -2.25. The summed E-state index contributed by atoms with van der Waals surface area (Å²) in [5, 5.41) is 14.4. The van der Waals surface area contributed by atoms with Gasteiger partial charge in [-0.3, -0.25) is 9.20 Å². The Morgan fingerprint density at radius 2 is 2.07 bits per heavy atom. The fourth-order valence-electron chi connectivity index (χ4n) is 2.63. The molecule has 1 N–H and O–H groups in total. The number of pyridine rings is 1. The molecule has 4 rings (SSSR count). The standard InChI is InChI=1S/C18H14F2N6O2/c1-2-14-22-18(28-25-14)10-5-6-26-15(7-10)23-24-16(26)9-21-17(27)12-8-11(19)3-4-13(12)20/h3-8H,2,9H2,1H3,(H,21,27). The summed E-state index contributed by atoms with van der Waals surface area (Å²) in [6.07, 6.45) is 2.36. The second-order valence-electron chi connectivity index (χ2n) is 5.94. The van der Waals surface area contributed by atoms with Crippen molar-refractivity contribution >= 4 is 11.6 Å². The quantitative estimate of drug-likeness (QED) is 0.568. The molecule has 4 aromatic rings. The summed E-state index contributed by atoms with van der Waals surface area (Å²) in [4.78, 5) is 16.4. The molecule has 3 aromatic heterocycles. The van der Waals surface area contributed by atoms with Crippen molar-refractivity contribution in [3.8, 4) is 11.5 Å². The van der Waals surface area contributed by atoms with Crippen LogP contribution in [0.5, 0.6) is 0 Å². The zero-order valence-electron chi connectivity index (χ0n) is 14.7. The third kappa shape index (κ3) is 3.31. The van der Waals surface area contributed by atoms with Crippen LogP contribution in [0, 0.1) is 11.6 Å². The van der Waals surface area contributed by atoms with Gasteiger partial charge in [0.05, 0.1) is 12.1 Å². The highest BCUT2D eigenvalue weighted by atomic mass is 19.1. The van der Waals surface area contributed by atoms with E-state index < -0.39 is 17.5 Å². The van der Waals surface area contributed by atoms with E-state index in [2.05, 4.69) is 25.7 Å². The van der Waals surface area contributed by atoms with E-state index in [9.17, 15) is 13.6 Å². The summed E-state index contributed by atoms with van der Waals surface area (Å²) in [6, 6.07) is 6.16. The van der Waals surface area contributed by atoms with Gasteiger partial charge in [-0.05, 0) is 30.3 Å². The number of hydrogen-bond acceptors (Lipinski definition) is 6. The average molecular weight is 384 g/mol. The van der Waals surface area contributed by atoms with Crippen LogP contribution < -0.4 is 5.32 Å². The van der Waals surface area contributed by atoms with Crippen LogP contribution in [0.4, 0.5) is 8.78 Å². The summed E-state index contributed by atoms with van der Waals surface area (Å²) in [5.41, 5.74) is 0.818. The Hall–Kier alpha value is -3.69. The predicted octanol–water partition coefficient (Wildman–Crippen LogP) is 2.55. The molecule has 0 saturated carbocycles. The molecule has 0 radical (unpaired) electrons. The van der Waals surface area contributed by atoms with Crippen LogP contribution >= 0.6 is 0 Å². The number of carbonyl (C=O) groups excluding carboxylic acids is 1. The number of nitrogens with zero attached hydrogens (tertiary/aromatic N) is 5. The smallest absolute Gasteiger partial charge is 0.258 e. The summed E-state index contributed by atoms with van der Waals surface area (Å²) in [6.45, 7) is 1.91. The topological polar surface area (TPSA) is 98.2 Å². The first kappa shape index (κ1) is 17.7. The number of aromatic nitrogens is 5. The van der Waals surface area contributed by atoms with Gasteiger partial charge in [0.2, 0.25) is 0 Å². The molecule has 0 spiro atoms. The van der Waals surface area contributed by atoms with Gasteiger partial charge in [-0.1, -0.05) is 12.1 Å². The van der Waals surface area contributed by atoms with Crippen LogP contribution in [0.25, 0.3) is 17.1 Å². The maximum Gasteiger partial charge on any atom is 0.258 e. The summed E-state index contributed by atoms with van der Waals surface area (Å²) >= 11 is 0. The Morgan fingerprint density at radius 3 is 2.86 bits per heavy atom. The average Bonchev–Trinajstić information content (AvgIpc) is 3.34. The molecule has 1 amide bonds. The molecule has 10 heteroatoms. The number of fused-ring (bicyclic) bond motifs is 1. The molecule has 0 unspecified atom stereocenters. The molecule has 0 bridgehead atoms. The minimum absolute atomic E-state index is 0.0180. The van der Waals surface area contributed by atoms with Crippen molar-refractivity contribution < 1.29 is 18.1 Å². The van der Waals surface area contributed by atoms with Crippen LogP contribution in [0.1, 0.15) is 28.9 Å². The van der Waals surface area contributed by atoms with Crippen LogP contribution in [0.3, 0.4) is 0 Å². The molecule has 3 heterocycles. The molecule has 0 aliphatic carbocycles. The van der Waals surface area contributed by atoms with E-state index >= 15 is 0 Å². The normalized spacial score (nSPS) is 11.1. The maximum atomic E-state index is 13.7. The summed E-state index contributed by atoms with van der Waals surface area (Å²) in [7, 11) is 0. The molecule has 8 nitrogen and oxygen atoms in total. The van der Waals surface area contributed by atoms with Crippen LogP contribution in [0.15, 0.2) is 41.1 Å². The molecule has 1 aromatic carbocycles.